The average Bonchev–Trinajstić information content (AvgIpc) is 2.87. The summed E-state index contributed by atoms with van der Waals surface area (Å²) in [4.78, 5) is 30.2. The highest BCUT2D eigenvalue weighted by Gasteiger charge is 2.23. The summed E-state index contributed by atoms with van der Waals surface area (Å²) in [5, 5.41) is 11.5. The molecular weight excluding hydrogens is 449 g/mol. The summed E-state index contributed by atoms with van der Waals surface area (Å²) in [5.41, 5.74) is 3.24. The highest BCUT2D eigenvalue weighted by atomic mass is 19.1. The van der Waals surface area contributed by atoms with Crippen LogP contribution in [0, 0.1) is 11.7 Å². The normalized spacial score (nSPS) is 14.3. The Bertz CT molecular complexity index is 1280. The molecular formula is C27H32FN3O4. The number of aryl methyl sites for hydroxylation is 1. The van der Waals surface area contributed by atoms with Crippen molar-refractivity contribution >= 4 is 16.9 Å². The molecule has 0 bridgehead atoms. The summed E-state index contributed by atoms with van der Waals surface area (Å²) in [6.07, 6.45) is 9.25. The number of nitrogens with one attached hydrogen (secondary N) is 1. The van der Waals surface area contributed by atoms with Crippen LogP contribution in [-0.2, 0) is 19.9 Å². The van der Waals surface area contributed by atoms with Gasteiger partial charge in [-0.25, -0.2) is 4.39 Å². The minimum atomic E-state index is -0.622. The molecule has 3 aromatic rings. The van der Waals surface area contributed by atoms with Gasteiger partial charge in [-0.05, 0) is 53.6 Å². The van der Waals surface area contributed by atoms with E-state index in [0.717, 1.165) is 23.1 Å². The lowest BCUT2D eigenvalue weighted by molar-refractivity contribution is 0.0940. The van der Waals surface area contributed by atoms with E-state index in [2.05, 4.69) is 10.3 Å². The van der Waals surface area contributed by atoms with E-state index in [1.165, 1.54) is 49.8 Å². The second kappa shape index (κ2) is 11.0. The highest BCUT2D eigenvalue weighted by Crippen LogP contribution is 2.30. The molecule has 4 rings (SSSR count). The van der Waals surface area contributed by atoms with Crippen molar-refractivity contribution in [3.05, 3.63) is 68.9 Å². The van der Waals surface area contributed by atoms with Crippen LogP contribution < -0.4 is 15.6 Å². The molecule has 0 unspecified atom stereocenters. The summed E-state index contributed by atoms with van der Waals surface area (Å²) in [6, 6.07) is 6.85. The number of aliphatic hydroxyl groups is 1. The van der Waals surface area contributed by atoms with Crippen LogP contribution in [0.1, 0.15) is 59.2 Å². The van der Waals surface area contributed by atoms with Crippen molar-refractivity contribution in [2.24, 2.45) is 13.0 Å². The van der Waals surface area contributed by atoms with Crippen LogP contribution in [0.4, 0.5) is 4.39 Å². The Kier molecular flexibility index (Phi) is 7.80. The van der Waals surface area contributed by atoms with Crippen LogP contribution in [-0.4, -0.2) is 40.8 Å². The molecule has 35 heavy (non-hydrogen) atoms. The van der Waals surface area contributed by atoms with E-state index in [1.807, 2.05) is 12.1 Å². The van der Waals surface area contributed by atoms with E-state index < -0.39 is 11.5 Å². The van der Waals surface area contributed by atoms with Gasteiger partial charge in [0.2, 0.25) is 0 Å². The topological polar surface area (TPSA) is 93.5 Å². The SMILES string of the molecule is COc1c(C(=O)NCCO)c(=O)n(C)c2cc(Cc3ccc(F)cc3CC3CCCCC3)cnc12. The molecule has 0 aliphatic heterocycles. The predicted molar refractivity (Wildman–Crippen MR) is 132 cm³/mol. The Balaban J connectivity index is 1.70. The highest BCUT2D eigenvalue weighted by molar-refractivity contribution is 6.01. The Morgan fingerprint density at radius 1 is 1.23 bits per heavy atom. The monoisotopic (exact) mass is 481 g/mol. The van der Waals surface area contributed by atoms with E-state index in [1.54, 1.807) is 19.3 Å². The molecule has 1 fully saturated rings. The van der Waals surface area contributed by atoms with Gasteiger partial charge in [-0.15, -0.1) is 0 Å². The van der Waals surface area contributed by atoms with Crippen molar-refractivity contribution in [2.75, 3.05) is 20.3 Å². The van der Waals surface area contributed by atoms with E-state index >= 15 is 0 Å². The number of pyridine rings is 2. The third kappa shape index (κ3) is 5.37. The van der Waals surface area contributed by atoms with Crippen LogP contribution in [0.5, 0.6) is 5.75 Å². The molecule has 1 aliphatic rings. The first-order valence-corrected chi connectivity index (χ1v) is 12.1. The number of methoxy groups -OCH3 is 1. The number of rotatable bonds is 8. The fourth-order valence-corrected chi connectivity index (χ4v) is 5.05. The quantitative estimate of drug-likeness (QED) is 0.514. The van der Waals surface area contributed by atoms with Crippen molar-refractivity contribution < 1.29 is 19.0 Å². The van der Waals surface area contributed by atoms with Crippen molar-refractivity contribution in [1.82, 2.24) is 14.9 Å². The maximum Gasteiger partial charge on any atom is 0.267 e. The number of ether oxygens (including phenoxy) is 1. The summed E-state index contributed by atoms with van der Waals surface area (Å²) in [6.45, 7) is -0.216. The van der Waals surface area contributed by atoms with Gasteiger partial charge in [0.1, 0.15) is 16.9 Å². The lowest BCUT2D eigenvalue weighted by atomic mass is 9.83. The molecule has 2 heterocycles. The van der Waals surface area contributed by atoms with Gasteiger partial charge in [0.15, 0.2) is 5.75 Å². The number of carbonyl (C=O) groups excluding carboxylic acids is 1. The van der Waals surface area contributed by atoms with Gasteiger partial charge in [0, 0.05) is 19.8 Å². The van der Waals surface area contributed by atoms with E-state index in [9.17, 15) is 14.0 Å². The van der Waals surface area contributed by atoms with Gasteiger partial charge in [0.25, 0.3) is 11.5 Å². The number of halogens is 1. The summed E-state index contributed by atoms with van der Waals surface area (Å²) in [7, 11) is 2.98. The first-order valence-electron chi connectivity index (χ1n) is 12.1. The molecule has 1 aromatic carbocycles. The van der Waals surface area contributed by atoms with Crippen LogP contribution in [0.15, 0.2) is 35.3 Å². The lowest BCUT2D eigenvalue weighted by Crippen LogP contribution is -2.34. The molecule has 0 saturated heterocycles. The molecule has 1 amide bonds. The fourth-order valence-electron chi connectivity index (χ4n) is 5.05. The Hall–Kier alpha value is -3.26. The number of amides is 1. The minimum Gasteiger partial charge on any atom is -0.493 e. The predicted octanol–water partition coefficient (Wildman–Crippen LogP) is 3.52. The van der Waals surface area contributed by atoms with E-state index in [-0.39, 0.29) is 30.3 Å². The first kappa shape index (κ1) is 24.9. The van der Waals surface area contributed by atoms with Gasteiger partial charge >= 0.3 is 0 Å². The average molecular weight is 482 g/mol. The molecule has 0 atom stereocenters. The summed E-state index contributed by atoms with van der Waals surface area (Å²) in [5.74, 6) is -0.164. The smallest absolute Gasteiger partial charge is 0.267 e. The second-order valence-corrected chi connectivity index (χ2v) is 9.26. The van der Waals surface area contributed by atoms with Gasteiger partial charge in [-0.1, -0.05) is 38.2 Å². The van der Waals surface area contributed by atoms with Crippen LogP contribution in [0.25, 0.3) is 11.0 Å². The maximum atomic E-state index is 14.1. The Morgan fingerprint density at radius 3 is 2.71 bits per heavy atom. The van der Waals surface area contributed by atoms with Gasteiger partial charge in [-0.2, -0.15) is 0 Å². The number of nitrogens with zero attached hydrogens (tertiary/aromatic N) is 2. The molecule has 186 valence electrons. The summed E-state index contributed by atoms with van der Waals surface area (Å²) < 4.78 is 20.9. The number of hydrogen-bond acceptors (Lipinski definition) is 5. The van der Waals surface area contributed by atoms with Crippen LogP contribution in [0.2, 0.25) is 0 Å². The second-order valence-electron chi connectivity index (χ2n) is 9.26. The van der Waals surface area contributed by atoms with Gasteiger partial charge < -0.3 is 19.7 Å². The zero-order valence-electron chi connectivity index (χ0n) is 20.3. The lowest BCUT2D eigenvalue weighted by Gasteiger charge is -2.23. The zero-order chi connectivity index (χ0) is 24.9. The number of carbonyl (C=O) groups is 1. The minimum absolute atomic E-state index is 0.0242. The molecule has 8 heteroatoms. The molecule has 0 spiro atoms. The van der Waals surface area contributed by atoms with Crippen molar-refractivity contribution in [3.63, 3.8) is 0 Å². The zero-order valence-corrected chi connectivity index (χ0v) is 20.3. The number of hydrogen-bond donors (Lipinski definition) is 2. The number of aromatic nitrogens is 2. The van der Waals surface area contributed by atoms with E-state index in [0.29, 0.717) is 23.4 Å². The molecule has 1 aliphatic carbocycles. The van der Waals surface area contributed by atoms with Crippen molar-refractivity contribution in [1.29, 1.82) is 0 Å². The molecule has 2 aromatic heterocycles. The van der Waals surface area contributed by atoms with Crippen LogP contribution >= 0.6 is 0 Å². The fraction of sp³-hybridized carbons (Fsp3) is 0.444. The van der Waals surface area contributed by atoms with Crippen molar-refractivity contribution in [2.45, 2.75) is 44.9 Å². The molecule has 0 radical (unpaired) electrons. The Labute approximate surface area is 204 Å². The van der Waals surface area contributed by atoms with Gasteiger partial charge in [0.05, 0.1) is 19.2 Å². The van der Waals surface area contributed by atoms with E-state index in [4.69, 9.17) is 9.84 Å². The van der Waals surface area contributed by atoms with Gasteiger partial charge in [-0.3, -0.25) is 14.6 Å². The maximum absolute atomic E-state index is 14.1. The molecule has 7 nitrogen and oxygen atoms in total. The molecule has 2 N–H and O–H groups in total. The molecule has 1 saturated carbocycles. The third-order valence-corrected chi connectivity index (χ3v) is 6.87. The van der Waals surface area contributed by atoms with Crippen molar-refractivity contribution in [3.8, 4) is 5.75 Å². The number of fused-ring (bicyclic) bond motifs is 1. The first-order chi connectivity index (χ1) is 16.9. The number of benzene rings is 1. The van der Waals surface area contributed by atoms with Crippen LogP contribution in [0.3, 0.4) is 0 Å². The number of aliphatic hydroxyl groups excluding tert-OH is 1. The largest absolute Gasteiger partial charge is 0.493 e. The summed E-state index contributed by atoms with van der Waals surface area (Å²) >= 11 is 0. The standard InChI is InChI=1S/C27H32FN3O4/c1-31-22-14-18(13-19-8-9-21(28)15-20(19)12-17-6-4-3-5-7-17)16-30-24(22)25(35-2)23(27(31)34)26(33)29-10-11-32/h8-9,14-17,32H,3-7,10-13H2,1-2H3,(H,29,33). The third-order valence-electron chi connectivity index (χ3n) is 6.87. The Morgan fingerprint density at radius 2 is 2.00 bits per heavy atom.